The van der Waals surface area contributed by atoms with Gasteiger partial charge in [-0.3, -0.25) is 4.79 Å². The van der Waals surface area contributed by atoms with Crippen molar-refractivity contribution in [2.75, 3.05) is 85.8 Å². The van der Waals surface area contributed by atoms with E-state index in [0.717, 1.165) is 12.1 Å². The summed E-state index contributed by atoms with van der Waals surface area (Å²) in [6, 6.07) is 6.88. The molecule has 0 atom stereocenters. The Morgan fingerprint density at radius 3 is 1.71 bits per heavy atom. The van der Waals surface area contributed by atoms with Crippen molar-refractivity contribution in [1.82, 2.24) is 4.72 Å². The number of guanidine groups is 1. The Kier molecular flexibility index (Phi) is 19.4. The third-order valence-corrected chi connectivity index (χ3v) is 7.41. The predicted octanol–water partition coefficient (Wildman–Crippen LogP) is 2.36. The molecule has 0 heterocycles. The maximum Gasteiger partial charge on any atom is 0.275 e. The Bertz CT molecular complexity index is 1400. The van der Waals surface area contributed by atoms with Gasteiger partial charge in [0.1, 0.15) is 5.75 Å². The first-order chi connectivity index (χ1) is 23.0. The van der Waals surface area contributed by atoms with Crippen molar-refractivity contribution < 1.29 is 55.2 Å². The van der Waals surface area contributed by atoms with E-state index in [1.165, 1.54) is 37.3 Å². The molecule has 2 aromatic rings. The summed E-state index contributed by atoms with van der Waals surface area (Å²) in [4.78, 5) is 15.1. The van der Waals surface area contributed by atoms with Gasteiger partial charge in [-0.15, -0.1) is 0 Å². The molecule has 14 nitrogen and oxygen atoms in total. The minimum absolute atomic E-state index is 0.00826. The molecule has 0 radical (unpaired) electrons. The van der Waals surface area contributed by atoms with Gasteiger partial charge in [-0.2, -0.15) is 4.99 Å². The molecule has 1 amide bonds. The van der Waals surface area contributed by atoms with Crippen LogP contribution < -0.4 is 20.9 Å². The van der Waals surface area contributed by atoms with Crippen LogP contribution in [0.1, 0.15) is 19.4 Å². The summed E-state index contributed by atoms with van der Waals surface area (Å²) < 4.78 is 94.3. The number of carbonyl (C=O) groups is 1. The van der Waals surface area contributed by atoms with Crippen LogP contribution in [0.4, 0.5) is 8.78 Å². The number of nitrogens with zero attached hydrogens (tertiary/aromatic N) is 1. The largest absolute Gasteiger partial charge is 0.451 e. The second kappa shape index (κ2) is 22.9. The maximum atomic E-state index is 14.6. The van der Waals surface area contributed by atoms with Crippen LogP contribution in [0.3, 0.4) is 0 Å². The normalized spacial score (nSPS) is 11.9. The van der Waals surface area contributed by atoms with Crippen LogP contribution in [0, 0.1) is 11.6 Å². The average molecular weight is 703 g/mol. The summed E-state index contributed by atoms with van der Waals surface area (Å²) in [7, 11) is -3.88. The fourth-order valence-electron chi connectivity index (χ4n) is 3.66. The lowest BCUT2D eigenvalue weighted by molar-refractivity contribution is -0.114. The van der Waals surface area contributed by atoms with Gasteiger partial charge >= 0.3 is 0 Å². The molecule has 2 rings (SSSR count). The molecular formula is C31H44F2N4O10S. The SMILES string of the molecule is CCOCCOCCOCCOCCOCCOCCNS(=O)(=O)c1ccc(Oc2c(F)cc(/C=C(\C)C(=O)N=C(N)N)cc2F)cc1. The van der Waals surface area contributed by atoms with E-state index in [0.29, 0.717) is 66.1 Å². The lowest BCUT2D eigenvalue weighted by atomic mass is 10.1. The summed E-state index contributed by atoms with van der Waals surface area (Å²) in [6.45, 7) is 8.44. The van der Waals surface area contributed by atoms with Crippen LogP contribution in [0.15, 0.2) is 51.9 Å². The van der Waals surface area contributed by atoms with E-state index in [-0.39, 0.29) is 41.5 Å². The second-order valence-electron chi connectivity index (χ2n) is 9.71. The molecule has 5 N–H and O–H groups in total. The standard InChI is InChI=1S/C31H44F2N4O10S/c1-3-41-10-11-43-14-15-45-18-19-46-17-16-44-13-12-42-9-8-36-48(39,40)26-6-4-25(5-7-26)47-29-27(32)21-24(22-28(29)33)20-23(2)30(38)37-31(34)35/h4-7,20-22,36H,3,8-19H2,1-2H3,(H4,34,35,37,38)/b23-20+. The van der Waals surface area contributed by atoms with Crippen molar-refractivity contribution in [3.63, 3.8) is 0 Å². The summed E-state index contributed by atoms with van der Waals surface area (Å²) in [5.74, 6) is -4.02. The van der Waals surface area contributed by atoms with Gasteiger partial charge in [-0.25, -0.2) is 21.9 Å². The molecular weight excluding hydrogens is 658 g/mol. The van der Waals surface area contributed by atoms with Gasteiger partial charge in [0, 0.05) is 18.7 Å². The number of aliphatic imine (C=N–C) groups is 1. The minimum atomic E-state index is -3.88. The number of benzene rings is 2. The van der Waals surface area contributed by atoms with Crippen molar-refractivity contribution in [2.24, 2.45) is 16.5 Å². The van der Waals surface area contributed by atoms with E-state index < -0.39 is 39.3 Å². The number of carbonyl (C=O) groups excluding carboxylic acids is 1. The molecule has 0 fully saturated rings. The highest BCUT2D eigenvalue weighted by atomic mass is 32.2. The van der Waals surface area contributed by atoms with Gasteiger partial charge < -0.3 is 44.6 Å². The Morgan fingerprint density at radius 2 is 1.25 bits per heavy atom. The zero-order valence-corrected chi connectivity index (χ0v) is 27.9. The molecule has 0 aliphatic carbocycles. The number of sulfonamides is 1. The van der Waals surface area contributed by atoms with Crippen LogP contribution in [-0.2, 0) is 43.2 Å². The van der Waals surface area contributed by atoms with Crippen molar-refractivity contribution in [3.8, 4) is 11.5 Å². The van der Waals surface area contributed by atoms with Gasteiger partial charge in [0.15, 0.2) is 23.3 Å². The molecule has 0 aromatic heterocycles. The monoisotopic (exact) mass is 702 g/mol. The first-order valence-electron chi connectivity index (χ1n) is 15.1. The Hall–Kier alpha value is -3.55. The average Bonchev–Trinajstić information content (AvgIpc) is 3.03. The fraction of sp³-hybridized carbons (Fsp3) is 0.484. The van der Waals surface area contributed by atoms with E-state index >= 15 is 0 Å². The minimum Gasteiger partial charge on any atom is -0.451 e. The summed E-state index contributed by atoms with van der Waals surface area (Å²) in [5, 5.41) is 0. The van der Waals surface area contributed by atoms with E-state index in [1.54, 1.807) is 0 Å². The first kappa shape index (κ1) is 40.6. The number of halogens is 2. The van der Waals surface area contributed by atoms with Crippen LogP contribution in [0.2, 0.25) is 0 Å². The number of nitrogens with one attached hydrogen (secondary N) is 1. The fourth-order valence-corrected chi connectivity index (χ4v) is 4.67. The van der Waals surface area contributed by atoms with Gasteiger partial charge in [-0.05, 0) is 61.9 Å². The molecule has 17 heteroatoms. The topological polar surface area (TPSA) is 192 Å². The molecule has 0 saturated carbocycles. The van der Waals surface area contributed by atoms with Crippen LogP contribution in [0.5, 0.6) is 11.5 Å². The lowest BCUT2D eigenvalue weighted by Crippen LogP contribution is -2.27. The number of ether oxygens (including phenoxy) is 7. The summed E-state index contributed by atoms with van der Waals surface area (Å²) in [5.41, 5.74) is 10.4. The second-order valence-corrected chi connectivity index (χ2v) is 11.5. The summed E-state index contributed by atoms with van der Waals surface area (Å²) >= 11 is 0. The zero-order chi connectivity index (χ0) is 35.2. The Balaban J connectivity index is 1.63. The van der Waals surface area contributed by atoms with Crippen molar-refractivity contribution in [1.29, 1.82) is 0 Å². The molecule has 2 aromatic carbocycles. The van der Waals surface area contributed by atoms with E-state index in [1.807, 2.05) is 6.92 Å². The van der Waals surface area contributed by atoms with Gasteiger partial charge in [0.05, 0.1) is 77.6 Å². The summed E-state index contributed by atoms with van der Waals surface area (Å²) in [6.07, 6.45) is 1.21. The first-order valence-corrected chi connectivity index (χ1v) is 16.6. The number of hydrogen-bond donors (Lipinski definition) is 3. The predicted molar refractivity (Wildman–Crippen MR) is 173 cm³/mol. The van der Waals surface area contributed by atoms with Gasteiger partial charge in [0.2, 0.25) is 10.0 Å². The van der Waals surface area contributed by atoms with E-state index in [9.17, 15) is 22.0 Å². The number of rotatable bonds is 25. The Labute approximate surface area is 279 Å². The molecule has 0 bridgehead atoms. The highest BCUT2D eigenvalue weighted by Gasteiger charge is 2.17. The third-order valence-electron chi connectivity index (χ3n) is 5.93. The van der Waals surface area contributed by atoms with Crippen LogP contribution >= 0.6 is 0 Å². The molecule has 0 aliphatic heterocycles. The molecule has 0 saturated heterocycles. The molecule has 0 spiro atoms. The quantitative estimate of drug-likeness (QED) is 0.0593. The van der Waals surface area contributed by atoms with Gasteiger partial charge in [0.25, 0.3) is 5.91 Å². The zero-order valence-electron chi connectivity index (χ0n) is 27.1. The van der Waals surface area contributed by atoms with Crippen LogP contribution in [0.25, 0.3) is 6.08 Å². The lowest BCUT2D eigenvalue weighted by Gasteiger charge is -2.11. The molecule has 48 heavy (non-hydrogen) atoms. The van der Waals surface area contributed by atoms with Crippen LogP contribution in [-0.4, -0.2) is 106 Å². The number of nitrogens with two attached hydrogens (primary N) is 2. The molecule has 0 unspecified atom stereocenters. The Morgan fingerprint density at radius 1 is 0.792 bits per heavy atom. The van der Waals surface area contributed by atoms with E-state index in [4.69, 9.17) is 44.6 Å². The highest BCUT2D eigenvalue weighted by molar-refractivity contribution is 7.89. The van der Waals surface area contributed by atoms with E-state index in [2.05, 4.69) is 9.71 Å². The van der Waals surface area contributed by atoms with Crippen molar-refractivity contribution >= 4 is 28.0 Å². The number of hydrogen-bond acceptors (Lipinski definition) is 10. The maximum absolute atomic E-state index is 14.6. The molecule has 0 aliphatic rings. The number of amides is 1. The highest BCUT2D eigenvalue weighted by Crippen LogP contribution is 2.30. The van der Waals surface area contributed by atoms with Crippen molar-refractivity contribution in [2.45, 2.75) is 18.7 Å². The van der Waals surface area contributed by atoms with Crippen molar-refractivity contribution in [3.05, 3.63) is 59.2 Å². The molecule has 268 valence electrons. The third kappa shape index (κ3) is 16.5. The smallest absolute Gasteiger partial charge is 0.275 e. The van der Waals surface area contributed by atoms with Gasteiger partial charge in [-0.1, -0.05) is 0 Å².